The van der Waals surface area contributed by atoms with Crippen LogP contribution in [0.2, 0.25) is 5.02 Å². The molecule has 0 radical (unpaired) electrons. The van der Waals surface area contributed by atoms with Gasteiger partial charge < -0.3 is 10.6 Å². The fourth-order valence-electron chi connectivity index (χ4n) is 3.74. The van der Waals surface area contributed by atoms with E-state index >= 15 is 0 Å². The largest absolute Gasteiger partial charge is 0.350 e. The minimum atomic E-state index is -0.715. The second kappa shape index (κ2) is 8.31. The Morgan fingerprint density at radius 2 is 1.71 bits per heavy atom. The standard InChI is InChI=1S/C22H24ClFN2O2/c1-14(2)25-20(27)15-5-10-18(23)19(13-15)26-21(28)22(11-3-4-12-22)16-6-8-17(24)9-7-16/h5-10,13-14H,3-4,11-12H2,1-2H3,(H,25,27)(H,26,28). The summed E-state index contributed by atoms with van der Waals surface area (Å²) in [5.41, 5.74) is 0.911. The highest BCUT2D eigenvalue weighted by atomic mass is 35.5. The summed E-state index contributed by atoms with van der Waals surface area (Å²) in [6.45, 7) is 3.76. The van der Waals surface area contributed by atoms with Crippen LogP contribution in [0.25, 0.3) is 0 Å². The summed E-state index contributed by atoms with van der Waals surface area (Å²) in [6.07, 6.45) is 3.23. The van der Waals surface area contributed by atoms with Crippen LogP contribution in [0.5, 0.6) is 0 Å². The van der Waals surface area contributed by atoms with Crippen molar-refractivity contribution < 1.29 is 14.0 Å². The summed E-state index contributed by atoms with van der Waals surface area (Å²) < 4.78 is 13.4. The maximum atomic E-state index is 13.4. The molecule has 0 spiro atoms. The molecule has 2 aromatic rings. The molecule has 1 saturated carbocycles. The number of hydrogen-bond donors (Lipinski definition) is 2. The van der Waals surface area contributed by atoms with Crippen molar-refractivity contribution in [2.75, 3.05) is 5.32 Å². The Bertz CT molecular complexity index is 875. The smallest absolute Gasteiger partial charge is 0.251 e. The van der Waals surface area contributed by atoms with Crippen molar-refractivity contribution in [1.29, 1.82) is 0 Å². The summed E-state index contributed by atoms with van der Waals surface area (Å²) in [7, 11) is 0. The third kappa shape index (κ3) is 4.20. The molecule has 0 bridgehead atoms. The van der Waals surface area contributed by atoms with Gasteiger partial charge in [0.05, 0.1) is 16.1 Å². The van der Waals surface area contributed by atoms with E-state index in [0.717, 1.165) is 18.4 Å². The van der Waals surface area contributed by atoms with Gasteiger partial charge in [0.1, 0.15) is 5.82 Å². The molecule has 2 N–H and O–H groups in total. The van der Waals surface area contributed by atoms with Gasteiger partial charge in [0, 0.05) is 11.6 Å². The molecule has 1 aliphatic carbocycles. The Hall–Kier alpha value is -2.40. The van der Waals surface area contributed by atoms with Gasteiger partial charge in [0.25, 0.3) is 5.91 Å². The topological polar surface area (TPSA) is 58.2 Å². The maximum Gasteiger partial charge on any atom is 0.251 e. The van der Waals surface area contributed by atoms with Gasteiger partial charge in [-0.25, -0.2) is 4.39 Å². The van der Waals surface area contributed by atoms with Gasteiger partial charge in [-0.3, -0.25) is 9.59 Å². The van der Waals surface area contributed by atoms with E-state index in [0.29, 0.717) is 29.1 Å². The zero-order valence-electron chi connectivity index (χ0n) is 16.0. The normalized spacial score (nSPS) is 15.5. The lowest BCUT2D eigenvalue weighted by Gasteiger charge is -2.28. The van der Waals surface area contributed by atoms with Crippen LogP contribution in [0.3, 0.4) is 0 Å². The van der Waals surface area contributed by atoms with Crippen molar-refractivity contribution in [3.63, 3.8) is 0 Å². The summed E-state index contributed by atoms with van der Waals surface area (Å²) in [5, 5.41) is 6.10. The second-order valence-corrected chi connectivity index (χ2v) is 7.98. The first-order valence-corrected chi connectivity index (χ1v) is 9.87. The fourth-order valence-corrected chi connectivity index (χ4v) is 3.91. The van der Waals surface area contributed by atoms with Gasteiger partial charge in [-0.15, -0.1) is 0 Å². The van der Waals surface area contributed by atoms with Gasteiger partial charge in [-0.2, -0.15) is 0 Å². The Labute approximate surface area is 169 Å². The van der Waals surface area contributed by atoms with Crippen LogP contribution in [0, 0.1) is 5.82 Å². The van der Waals surface area contributed by atoms with Crippen LogP contribution in [0.1, 0.15) is 55.5 Å². The first-order chi connectivity index (χ1) is 13.3. The molecule has 28 heavy (non-hydrogen) atoms. The second-order valence-electron chi connectivity index (χ2n) is 7.57. The highest BCUT2D eigenvalue weighted by Crippen LogP contribution is 2.42. The zero-order chi connectivity index (χ0) is 20.3. The van der Waals surface area contributed by atoms with Crippen LogP contribution in [-0.4, -0.2) is 17.9 Å². The summed E-state index contributed by atoms with van der Waals surface area (Å²) in [6, 6.07) is 10.9. The Kier molecular flexibility index (Phi) is 6.04. The van der Waals surface area contributed by atoms with E-state index in [1.165, 1.54) is 12.1 Å². The molecule has 2 amide bonds. The van der Waals surface area contributed by atoms with Crippen LogP contribution < -0.4 is 10.6 Å². The highest BCUT2D eigenvalue weighted by Gasteiger charge is 2.42. The van der Waals surface area contributed by atoms with Crippen molar-refractivity contribution in [3.8, 4) is 0 Å². The van der Waals surface area contributed by atoms with E-state index in [4.69, 9.17) is 11.6 Å². The van der Waals surface area contributed by atoms with E-state index < -0.39 is 5.41 Å². The molecule has 2 aromatic carbocycles. The van der Waals surface area contributed by atoms with E-state index in [-0.39, 0.29) is 23.7 Å². The fraction of sp³-hybridized carbons (Fsp3) is 0.364. The van der Waals surface area contributed by atoms with Crippen LogP contribution in [0.4, 0.5) is 10.1 Å². The predicted octanol–water partition coefficient (Wildman–Crippen LogP) is 5.07. The number of amides is 2. The van der Waals surface area contributed by atoms with Gasteiger partial charge in [0.2, 0.25) is 5.91 Å². The lowest BCUT2D eigenvalue weighted by molar-refractivity contribution is -0.121. The Morgan fingerprint density at radius 3 is 2.32 bits per heavy atom. The predicted molar refractivity (Wildman–Crippen MR) is 109 cm³/mol. The Balaban J connectivity index is 1.88. The Morgan fingerprint density at radius 1 is 1.07 bits per heavy atom. The minimum Gasteiger partial charge on any atom is -0.350 e. The van der Waals surface area contributed by atoms with E-state index in [2.05, 4.69) is 10.6 Å². The number of rotatable bonds is 5. The number of hydrogen-bond acceptors (Lipinski definition) is 2. The summed E-state index contributed by atoms with van der Waals surface area (Å²) >= 11 is 6.27. The molecule has 4 nitrogen and oxygen atoms in total. The summed E-state index contributed by atoms with van der Waals surface area (Å²) in [4.78, 5) is 25.5. The van der Waals surface area contributed by atoms with Crippen LogP contribution in [-0.2, 0) is 10.2 Å². The third-order valence-electron chi connectivity index (χ3n) is 5.19. The van der Waals surface area contributed by atoms with Crippen molar-refractivity contribution >= 4 is 29.1 Å². The molecule has 0 aromatic heterocycles. The van der Waals surface area contributed by atoms with Crippen LogP contribution in [0.15, 0.2) is 42.5 Å². The lowest BCUT2D eigenvalue weighted by atomic mass is 9.78. The zero-order valence-corrected chi connectivity index (χ0v) is 16.8. The van der Waals surface area contributed by atoms with Crippen molar-refractivity contribution in [2.24, 2.45) is 0 Å². The average molecular weight is 403 g/mol. The molecular weight excluding hydrogens is 379 g/mol. The molecule has 0 heterocycles. The van der Waals surface area contributed by atoms with E-state index in [1.54, 1.807) is 30.3 Å². The molecule has 6 heteroatoms. The van der Waals surface area contributed by atoms with E-state index in [9.17, 15) is 14.0 Å². The number of halogens is 2. The SMILES string of the molecule is CC(C)NC(=O)c1ccc(Cl)c(NC(=O)C2(c3ccc(F)cc3)CCCC2)c1. The highest BCUT2D eigenvalue weighted by molar-refractivity contribution is 6.34. The molecular formula is C22H24ClFN2O2. The van der Waals surface area contributed by atoms with Crippen molar-refractivity contribution in [3.05, 3.63) is 64.4 Å². The lowest BCUT2D eigenvalue weighted by Crippen LogP contribution is -2.38. The number of carbonyl (C=O) groups excluding carboxylic acids is 2. The van der Waals surface area contributed by atoms with E-state index in [1.807, 2.05) is 13.8 Å². The molecule has 1 fully saturated rings. The van der Waals surface area contributed by atoms with Crippen molar-refractivity contribution in [1.82, 2.24) is 5.32 Å². The molecule has 0 atom stereocenters. The molecule has 0 aliphatic heterocycles. The maximum absolute atomic E-state index is 13.4. The molecule has 148 valence electrons. The first kappa shape index (κ1) is 20.3. The number of anilines is 1. The van der Waals surface area contributed by atoms with Crippen molar-refractivity contribution in [2.45, 2.75) is 51.0 Å². The van der Waals surface area contributed by atoms with Gasteiger partial charge in [-0.1, -0.05) is 36.6 Å². The molecule has 1 aliphatic rings. The molecule has 3 rings (SSSR count). The molecule has 0 saturated heterocycles. The molecule has 0 unspecified atom stereocenters. The number of benzene rings is 2. The van der Waals surface area contributed by atoms with Gasteiger partial charge >= 0.3 is 0 Å². The average Bonchev–Trinajstić information content (AvgIpc) is 3.14. The minimum absolute atomic E-state index is 0.00135. The quantitative estimate of drug-likeness (QED) is 0.733. The van der Waals surface area contributed by atoms with Crippen LogP contribution >= 0.6 is 11.6 Å². The first-order valence-electron chi connectivity index (χ1n) is 9.50. The van der Waals surface area contributed by atoms with Gasteiger partial charge in [0.15, 0.2) is 0 Å². The number of carbonyl (C=O) groups is 2. The monoisotopic (exact) mass is 402 g/mol. The number of nitrogens with one attached hydrogen (secondary N) is 2. The third-order valence-corrected chi connectivity index (χ3v) is 5.51. The van der Waals surface area contributed by atoms with Gasteiger partial charge in [-0.05, 0) is 62.6 Å². The summed E-state index contributed by atoms with van der Waals surface area (Å²) in [5.74, 6) is -0.736.